The van der Waals surface area contributed by atoms with Crippen molar-refractivity contribution in [3.63, 3.8) is 0 Å². The molecule has 1 aromatic carbocycles. The predicted molar refractivity (Wildman–Crippen MR) is 99.7 cm³/mol. The topological polar surface area (TPSA) is 12.0 Å². The minimum atomic E-state index is 0.260. The van der Waals surface area contributed by atoms with E-state index < -0.39 is 0 Å². The number of rotatable bonds is 7. The maximum absolute atomic E-state index is 4.12. The van der Waals surface area contributed by atoms with Crippen LogP contribution in [-0.2, 0) is 12.0 Å². The van der Waals surface area contributed by atoms with Gasteiger partial charge in [-0.1, -0.05) is 70.2 Å². The highest BCUT2D eigenvalue weighted by molar-refractivity contribution is 5.38. The van der Waals surface area contributed by atoms with Gasteiger partial charge in [-0.3, -0.25) is 0 Å². The Morgan fingerprint density at radius 2 is 1.87 bits per heavy atom. The molecular formula is C22H35N. The first-order valence-electron chi connectivity index (χ1n) is 10.2. The lowest BCUT2D eigenvalue weighted by atomic mass is 9.63. The van der Waals surface area contributed by atoms with Gasteiger partial charge in [0, 0.05) is 12.1 Å². The second-order valence-electron chi connectivity index (χ2n) is 7.81. The Kier molecular flexibility index (Phi) is 5.80. The zero-order valence-corrected chi connectivity index (χ0v) is 15.2. The van der Waals surface area contributed by atoms with E-state index in [-0.39, 0.29) is 5.54 Å². The van der Waals surface area contributed by atoms with Crippen LogP contribution < -0.4 is 5.32 Å². The molecule has 0 saturated heterocycles. The average Bonchev–Trinajstić information content (AvgIpc) is 3.13. The molecule has 0 spiro atoms. The molecule has 0 bridgehead atoms. The lowest BCUT2D eigenvalue weighted by Gasteiger charge is -2.50. The van der Waals surface area contributed by atoms with E-state index in [1.165, 1.54) is 70.8 Å². The van der Waals surface area contributed by atoms with E-state index in [1.54, 1.807) is 11.1 Å². The maximum Gasteiger partial charge on any atom is 0.0494 e. The van der Waals surface area contributed by atoms with Crippen LogP contribution >= 0.6 is 0 Å². The van der Waals surface area contributed by atoms with E-state index >= 15 is 0 Å². The van der Waals surface area contributed by atoms with Gasteiger partial charge in [0.2, 0.25) is 0 Å². The summed E-state index contributed by atoms with van der Waals surface area (Å²) in [4.78, 5) is 0. The highest BCUT2D eigenvalue weighted by Gasteiger charge is 2.48. The summed E-state index contributed by atoms with van der Waals surface area (Å²) in [5.41, 5.74) is 3.54. The molecule has 1 fully saturated rings. The fourth-order valence-corrected chi connectivity index (χ4v) is 5.48. The molecule has 1 aliphatic carbocycles. The second kappa shape index (κ2) is 7.83. The van der Waals surface area contributed by atoms with E-state index in [1.807, 2.05) is 0 Å². The van der Waals surface area contributed by atoms with Crippen molar-refractivity contribution in [1.29, 1.82) is 0 Å². The Balaban J connectivity index is 2.03. The van der Waals surface area contributed by atoms with Crippen LogP contribution in [0.1, 0.15) is 82.8 Å². The van der Waals surface area contributed by atoms with Gasteiger partial charge in [-0.2, -0.15) is 0 Å². The van der Waals surface area contributed by atoms with Gasteiger partial charge >= 0.3 is 0 Å². The fourth-order valence-electron chi connectivity index (χ4n) is 5.48. The zero-order chi connectivity index (χ0) is 16.1. The Labute approximate surface area is 143 Å². The van der Waals surface area contributed by atoms with Crippen molar-refractivity contribution in [2.24, 2.45) is 11.8 Å². The first-order chi connectivity index (χ1) is 11.3. The van der Waals surface area contributed by atoms with E-state index in [0.717, 1.165) is 11.8 Å². The molecule has 128 valence electrons. The third kappa shape index (κ3) is 3.22. The van der Waals surface area contributed by atoms with Crippen LogP contribution in [0.4, 0.5) is 0 Å². The van der Waals surface area contributed by atoms with Crippen LogP contribution in [0.15, 0.2) is 24.3 Å². The summed E-state index contributed by atoms with van der Waals surface area (Å²) in [5, 5.41) is 4.12. The van der Waals surface area contributed by atoms with Gasteiger partial charge in [-0.25, -0.2) is 0 Å². The molecule has 3 rings (SSSR count). The zero-order valence-electron chi connectivity index (χ0n) is 15.2. The molecule has 23 heavy (non-hydrogen) atoms. The normalized spacial score (nSPS) is 26.2. The number of unbranched alkanes of at least 4 members (excludes halogenated alkanes) is 1. The summed E-state index contributed by atoms with van der Waals surface area (Å²) < 4.78 is 0. The number of benzene rings is 1. The molecule has 1 aliphatic heterocycles. The van der Waals surface area contributed by atoms with Gasteiger partial charge < -0.3 is 5.32 Å². The number of fused-ring (bicyclic) bond motifs is 1. The molecule has 2 aliphatic rings. The Bertz CT molecular complexity index is 489. The largest absolute Gasteiger partial charge is 0.307 e. The van der Waals surface area contributed by atoms with E-state index in [0.29, 0.717) is 0 Å². The van der Waals surface area contributed by atoms with Crippen LogP contribution in [-0.4, -0.2) is 6.54 Å². The van der Waals surface area contributed by atoms with Crippen molar-refractivity contribution in [2.45, 2.75) is 83.6 Å². The minimum Gasteiger partial charge on any atom is -0.307 e. The number of hydrogen-bond donors (Lipinski definition) is 1. The lowest BCUT2D eigenvalue weighted by Crippen LogP contribution is -2.56. The molecule has 1 aromatic rings. The molecular weight excluding hydrogens is 278 g/mol. The highest BCUT2D eigenvalue weighted by Crippen LogP contribution is 2.50. The summed E-state index contributed by atoms with van der Waals surface area (Å²) >= 11 is 0. The number of nitrogens with one attached hydrogen (secondary N) is 1. The first-order valence-corrected chi connectivity index (χ1v) is 10.2. The van der Waals surface area contributed by atoms with Gasteiger partial charge in [0.05, 0.1) is 0 Å². The second-order valence-corrected chi connectivity index (χ2v) is 7.81. The van der Waals surface area contributed by atoms with Crippen LogP contribution in [0.3, 0.4) is 0 Å². The minimum absolute atomic E-state index is 0.260. The number of hydrogen-bond acceptors (Lipinski definition) is 1. The smallest absolute Gasteiger partial charge is 0.0494 e. The molecule has 1 N–H and O–H groups in total. The van der Waals surface area contributed by atoms with Crippen molar-refractivity contribution in [2.75, 3.05) is 6.54 Å². The summed E-state index contributed by atoms with van der Waals surface area (Å²) in [6.07, 6.45) is 13.7. The van der Waals surface area contributed by atoms with E-state index in [4.69, 9.17) is 0 Å². The van der Waals surface area contributed by atoms with E-state index in [2.05, 4.69) is 43.4 Å². The van der Waals surface area contributed by atoms with Crippen molar-refractivity contribution in [1.82, 2.24) is 5.32 Å². The van der Waals surface area contributed by atoms with Crippen LogP contribution in [0, 0.1) is 11.8 Å². The molecule has 0 radical (unpaired) electrons. The van der Waals surface area contributed by atoms with Crippen LogP contribution in [0.2, 0.25) is 0 Å². The molecule has 1 saturated carbocycles. The third-order valence-corrected chi connectivity index (χ3v) is 6.46. The SMILES string of the molecule is CCCCC(CCC)C1(C2CCCC2)NCCc2ccccc21. The first kappa shape index (κ1) is 17.0. The molecule has 2 unspecified atom stereocenters. The standard InChI is InChI=1S/C22H35N/c1-3-5-12-19(10-4-2)22(20-13-7-8-14-20)21-15-9-6-11-18(21)16-17-23-22/h6,9,11,15,19-20,23H,3-5,7-8,10,12-14,16-17H2,1-2H3. The summed E-state index contributed by atoms with van der Waals surface area (Å²) in [6.45, 7) is 5.88. The molecule has 0 aromatic heterocycles. The van der Waals surface area contributed by atoms with Gasteiger partial charge in [-0.15, -0.1) is 0 Å². The average molecular weight is 314 g/mol. The monoisotopic (exact) mass is 313 g/mol. The Hall–Kier alpha value is -0.820. The summed E-state index contributed by atoms with van der Waals surface area (Å²) in [5.74, 6) is 1.65. The Morgan fingerprint density at radius 1 is 1.09 bits per heavy atom. The van der Waals surface area contributed by atoms with Crippen molar-refractivity contribution in [3.8, 4) is 0 Å². The van der Waals surface area contributed by atoms with Crippen molar-refractivity contribution < 1.29 is 0 Å². The molecule has 1 nitrogen and oxygen atoms in total. The van der Waals surface area contributed by atoms with Crippen LogP contribution in [0.25, 0.3) is 0 Å². The fraction of sp³-hybridized carbons (Fsp3) is 0.727. The van der Waals surface area contributed by atoms with Gasteiger partial charge in [-0.05, 0) is 55.1 Å². The molecule has 0 amide bonds. The van der Waals surface area contributed by atoms with Gasteiger partial charge in [0.25, 0.3) is 0 Å². The predicted octanol–water partition coefficient (Wildman–Crippen LogP) is 5.82. The quantitative estimate of drug-likeness (QED) is 0.668. The van der Waals surface area contributed by atoms with Crippen LogP contribution in [0.5, 0.6) is 0 Å². The molecule has 1 heteroatoms. The van der Waals surface area contributed by atoms with E-state index in [9.17, 15) is 0 Å². The highest BCUT2D eigenvalue weighted by atomic mass is 15.0. The Morgan fingerprint density at radius 3 is 2.61 bits per heavy atom. The molecule has 1 heterocycles. The third-order valence-electron chi connectivity index (χ3n) is 6.46. The summed E-state index contributed by atoms with van der Waals surface area (Å²) in [7, 11) is 0. The van der Waals surface area contributed by atoms with Crippen molar-refractivity contribution >= 4 is 0 Å². The maximum atomic E-state index is 4.12. The van der Waals surface area contributed by atoms with Crippen molar-refractivity contribution in [3.05, 3.63) is 35.4 Å². The summed E-state index contributed by atoms with van der Waals surface area (Å²) in [6, 6.07) is 9.36. The van der Waals surface area contributed by atoms with Gasteiger partial charge in [0.1, 0.15) is 0 Å². The molecule has 2 atom stereocenters. The lowest BCUT2D eigenvalue weighted by molar-refractivity contribution is 0.0968. The van der Waals surface area contributed by atoms with Gasteiger partial charge in [0.15, 0.2) is 0 Å².